The number of rotatable bonds is 5. The van der Waals surface area contributed by atoms with Gasteiger partial charge < -0.3 is 0 Å². The van der Waals surface area contributed by atoms with Crippen molar-refractivity contribution in [2.75, 3.05) is 0 Å². The van der Waals surface area contributed by atoms with E-state index in [0.717, 1.165) is 35.1 Å². The number of carbonyl (C=O) groups excluding carboxylic acids is 3. The Labute approximate surface area is 168 Å². The summed E-state index contributed by atoms with van der Waals surface area (Å²) in [6.07, 6.45) is 5.09. The zero-order chi connectivity index (χ0) is 20.7. The van der Waals surface area contributed by atoms with Gasteiger partial charge in [0, 0.05) is 28.9 Å². The average molecular weight is 381 g/mol. The van der Waals surface area contributed by atoms with Gasteiger partial charge >= 0.3 is 0 Å². The van der Waals surface area contributed by atoms with Crippen LogP contribution in [0.4, 0.5) is 0 Å². The van der Waals surface area contributed by atoms with Crippen LogP contribution in [0.5, 0.6) is 0 Å². The Morgan fingerprint density at radius 2 is 1.71 bits per heavy atom. The summed E-state index contributed by atoms with van der Waals surface area (Å²) in [5, 5.41) is 0. The van der Waals surface area contributed by atoms with Crippen LogP contribution in [0.15, 0.2) is 18.2 Å². The first kappa shape index (κ1) is 20.7. The molecule has 1 fully saturated rings. The average Bonchev–Trinajstić information content (AvgIpc) is 2.97. The summed E-state index contributed by atoms with van der Waals surface area (Å²) in [6, 6.07) is 3.93. The van der Waals surface area contributed by atoms with Crippen molar-refractivity contribution < 1.29 is 14.4 Å². The van der Waals surface area contributed by atoms with Crippen LogP contribution < -0.4 is 0 Å². The second-order valence-electron chi connectivity index (χ2n) is 9.34. The first-order valence-corrected chi connectivity index (χ1v) is 10.6. The molecule has 0 heterocycles. The van der Waals surface area contributed by atoms with Crippen LogP contribution >= 0.6 is 0 Å². The summed E-state index contributed by atoms with van der Waals surface area (Å²) >= 11 is 0. The molecule has 3 unspecified atom stereocenters. The van der Waals surface area contributed by atoms with Crippen LogP contribution in [0, 0.1) is 30.6 Å². The molecule has 0 radical (unpaired) electrons. The van der Waals surface area contributed by atoms with E-state index in [1.165, 1.54) is 6.42 Å². The number of aryl methyl sites for hydroxylation is 1. The molecule has 2 aliphatic rings. The topological polar surface area (TPSA) is 51.2 Å². The SMILES string of the molecule is Cc1cc2c(cc1C(=O)C1CC(C)CC[C@H]1C)C(C(=O)C(=O)C(C)C)=CC2C. The summed E-state index contributed by atoms with van der Waals surface area (Å²) in [7, 11) is 0. The minimum atomic E-state index is -0.428. The molecular weight excluding hydrogens is 348 g/mol. The smallest absolute Gasteiger partial charge is 0.229 e. The highest BCUT2D eigenvalue weighted by molar-refractivity contribution is 6.54. The lowest BCUT2D eigenvalue weighted by Gasteiger charge is -2.32. The van der Waals surface area contributed by atoms with Gasteiger partial charge in [-0.05, 0) is 54.4 Å². The molecule has 3 nitrogen and oxygen atoms in total. The Morgan fingerprint density at radius 3 is 2.36 bits per heavy atom. The molecule has 1 saturated carbocycles. The van der Waals surface area contributed by atoms with Gasteiger partial charge in [0.1, 0.15) is 0 Å². The Hall–Kier alpha value is -2.03. The van der Waals surface area contributed by atoms with Gasteiger partial charge in [-0.3, -0.25) is 14.4 Å². The van der Waals surface area contributed by atoms with Crippen LogP contribution in [0.25, 0.3) is 5.57 Å². The predicted octanol–water partition coefficient (Wildman–Crippen LogP) is 5.54. The third-order valence-electron chi connectivity index (χ3n) is 6.65. The second-order valence-corrected chi connectivity index (χ2v) is 9.34. The fraction of sp³-hybridized carbons (Fsp3) is 0.560. The molecule has 3 heteroatoms. The summed E-state index contributed by atoms with van der Waals surface area (Å²) in [4.78, 5) is 38.5. The lowest BCUT2D eigenvalue weighted by atomic mass is 9.72. The standard InChI is InChI=1S/C25H32O3/c1-13(2)23(26)25(28)22-11-16(5)18-10-17(6)20(12-21(18)22)24(27)19-9-14(3)7-8-15(19)4/h10-16,19H,7-9H2,1-6H3/t14?,15-,16?,19?/m1/s1. The van der Waals surface area contributed by atoms with Crippen LogP contribution in [0.1, 0.15) is 86.8 Å². The highest BCUT2D eigenvalue weighted by atomic mass is 16.2. The van der Waals surface area contributed by atoms with Crippen molar-refractivity contribution in [2.45, 2.75) is 66.7 Å². The predicted molar refractivity (Wildman–Crippen MR) is 112 cm³/mol. The lowest BCUT2D eigenvalue weighted by molar-refractivity contribution is -0.135. The molecule has 0 spiro atoms. The fourth-order valence-electron chi connectivity index (χ4n) is 4.73. The van der Waals surface area contributed by atoms with Gasteiger partial charge in [0.2, 0.25) is 11.6 Å². The summed E-state index contributed by atoms with van der Waals surface area (Å²) in [5.41, 5.74) is 3.98. The van der Waals surface area contributed by atoms with E-state index in [0.29, 0.717) is 17.4 Å². The largest absolute Gasteiger partial charge is 0.294 e. The van der Waals surface area contributed by atoms with Crippen molar-refractivity contribution in [3.8, 4) is 0 Å². The van der Waals surface area contributed by atoms with Crippen molar-refractivity contribution in [3.63, 3.8) is 0 Å². The molecule has 1 aromatic rings. The quantitative estimate of drug-likeness (QED) is 0.497. The molecule has 150 valence electrons. The molecule has 0 N–H and O–H groups in total. The number of fused-ring (bicyclic) bond motifs is 1. The van der Waals surface area contributed by atoms with Crippen molar-refractivity contribution in [2.24, 2.45) is 23.7 Å². The van der Waals surface area contributed by atoms with Crippen LogP contribution in [-0.2, 0) is 9.59 Å². The van der Waals surface area contributed by atoms with Crippen molar-refractivity contribution in [1.29, 1.82) is 0 Å². The summed E-state index contributed by atoms with van der Waals surface area (Å²) < 4.78 is 0. The molecule has 3 rings (SSSR count). The third-order valence-corrected chi connectivity index (χ3v) is 6.65. The molecule has 0 saturated heterocycles. The van der Waals surface area contributed by atoms with Crippen molar-refractivity contribution in [3.05, 3.63) is 40.5 Å². The first-order valence-electron chi connectivity index (χ1n) is 10.6. The van der Waals surface area contributed by atoms with Crippen molar-refractivity contribution in [1.82, 2.24) is 0 Å². The van der Waals surface area contributed by atoms with Gasteiger partial charge in [0.25, 0.3) is 0 Å². The molecule has 4 atom stereocenters. The van der Waals surface area contributed by atoms with Gasteiger partial charge in [-0.2, -0.15) is 0 Å². The van der Waals surface area contributed by atoms with E-state index >= 15 is 0 Å². The van der Waals surface area contributed by atoms with Gasteiger partial charge in [-0.25, -0.2) is 0 Å². The monoisotopic (exact) mass is 380 g/mol. The van der Waals surface area contributed by atoms with Crippen LogP contribution in [0.3, 0.4) is 0 Å². The zero-order valence-electron chi connectivity index (χ0n) is 18.0. The molecule has 0 aromatic heterocycles. The van der Waals surface area contributed by atoms with E-state index in [-0.39, 0.29) is 29.3 Å². The number of carbonyl (C=O) groups is 3. The molecule has 2 aliphatic carbocycles. The zero-order valence-corrected chi connectivity index (χ0v) is 18.0. The maximum atomic E-state index is 13.4. The Kier molecular flexibility index (Phi) is 5.74. The molecular formula is C25H32O3. The van der Waals surface area contributed by atoms with E-state index in [1.54, 1.807) is 13.8 Å². The molecule has 1 aromatic carbocycles. The fourth-order valence-corrected chi connectivity index (χ4v) is 4.73. The minimum Gasteiger partial charge on any atom is -0.294 e. The third kappa shape index (κ3) is 3.64. The van der Waals surface area contributed by atoms with Crippen LogP contribution in [-0.4, -0.2) is 17.3 Å². The molecule has 0 aliphatic heterocycles. The van der Waals surface area contributed by atoms with Gasteiger partial charge in [-0.15, -0.1) is 0 Å². The van der Waals surface area contributed by atoms with Gasteiger partial charge in [0.15, 0.2) is 5.78 Å². The lowest BCUT2D eigenvalue weighted by Crippen LogP contribution is -2.29. The van der Waals surface area contributed by atoms with Gasteiger partial charge in [0.05, 0.1) is 0 Å². The Balaban J connectivity index is 2.00. The number of hydrogen-bond acceptors (Lipinski definition) is 3. The van der Waals surface area contributed by atoms with E-state index < -0.39 is 5.78 Å². The van der Waals surface area contributed by atoms with Crippen LogP contribution in [0.2, 0.25) is 0 Å². The van der Waals surface area contributed by atoms with E-state index in [2.05, 4.69) is 13.8 Å². The second kappa shape index (κ2) is 7.77. The molecule has 0 amide bonds. The minimum absolute atomic E-state index is 0.0414. The highest BCUT2D eigenvalue weighted by Gasteiger charge is 2.35. The molecule has 28 heavy (non-hydrogen) atoms. The van der Waals surface area contributed by atoms with E-state index in [4.69, 9.17) is 0 Å². The normalized spacial score (nSPS) is 26.8. The number of Topliss-reactive ketones (excluding diaryl/α,β-unsaturated/α-hetero) is 3. The summed E-state index contributed by atoms with van der Waals surface area (Å²) in [6.45, 7) is 11.9. The highest BCUT2D eigenvalue weighted by Crippen LogP contribution is 2.41. The molecule has 0 bridgehead atoms. The number of ketones is 3. The van der Waals surface area contributed by atoms with E-state index in [1.807, 2.05) is 32.1 Å². The summed E-state index contributed by atoms with van der Waals surface area (Å²) in [5.74, 6) is 0.141. The van der Waals surface area contributed by atoms with E-state index in [9.17, 15) is 14.4 Å². The maximum absolute atomic E-state index is 13.4. The number of benzene rings is 1. The number of allylic oxidation sites excluding steroid dienone is 2. The Bertz CT molecular complexity index is 859. The van der Waals surface area contributed by atoms with Crippen molar-refractivity contribution >= 4 is 22.9 Å². The first-order chi connectivity index (χ1) is 13.1. The van der Waals surface area contributed by atoms with Gasteiger partial charge in [-0.1, -0.05) is 53.2 Å². The Morgan fingerprint density at radius 1 is 1.04 bits per heavy atom. The number of hydrogen-bond donors (Lipinski definition) is 0. The maximum Gasteiger partial charge on any atom is 0.229 e.